The van der Waals surface area contributed by atoms with E-state index >= 15 is 0 Å². The molecule has 0 radical (unpaired) electrons. The average Bonchev–Trinajstić information content (AvgIpc) is 2.13. The van der Waals surface area contributed by atoms with Gasteiger partial charge in [0.2, 0.25) is 10.0 Å². The molecule has 0 aliphatic heterocycles. The summed E-state index contributed by atoms with van der Waals surface area (Å²) in [5.41, 5.74) is 1.12. The Hall–Kier alpha value is -1.21. The van der Waals surface area contributed by atoms with Crippen molar-refractivity contribution in [2.75, 3.05) is 6.61 Å². The van der Waals surface area contributed by atoms with Gasteiger partial charge in [0.25, 0.3) is 6.43 Å². The van der Waals surface area contributed by atoms with Crippen molar-refractivity contribution in [1.29, 1.82) is 0 Å². The number of halogens is 2. The predicted octanol–water partition coefficient (Wildman–Crippen LogP) is 1.59. The van der Waals surface area contributed by atoms with Gasteiger partial charge in [-0.3, -0.25) is 0 Å². The molecule has 0 amide bonds. The number of aryl methyl sites for hydroxylation is 2. The van der Waals surface area contributed by atoms with E-state index in [1.54, 1.807) is 19.9 Å². The lowest BCUT2D eigenvalue weighted by molar-refractivity contribution is 0.0800. The molecule has 1 aromatic carbocycles. The zero-order chi connectivity index (χ0) is 13.2. The van der Waals surface area contributed by atoms with Gasteiger partial charge in [0, 0.05) is 0 Å². The molecule has 0 saturated heterocycles. The molecule has 0 saturated carbocycles. The van der Waals surface area contributed by atoms with Crippen molar-refractivity contribution in [3.63, 3.8) is 0 Å². The zero-order valence-electron chi connectivity index (χ0n) is 9.41. The van der Waals surface area contributed by atoms with Gasteiger partial charge < -0.3 is 4.74 Å². The number of benzene rings is 1. The van der Waals surface area contributed by atoms with E-state index in [0.29, 0.717) is 11.1 Å². The number of rotatable bonds is 4. The molecular weight excluding hydrogens is 252 g/mol. The van der Waals surface area contributed by atoms with Gasteiger partial charge in [-0.05, 0) is 31.0 Å². The molecule has 17 heavy (non-hydrogen) atoms. The van der Waals surface area contributed by atoms with E-state index in [2.05, 4.69) is 0 Å². The molecule has 4 nitrogen and oxygen atoms in total. The second-order valence-corrected chi connectivity index (χ2v) is 5.19. The number of alkyl halides is 2. The van der Waals surface area contributed by atoms with Gasteiger partial charge in [-0.2, -0.15) is 0 Å². The van der Waals surface area contributed by atoms with Crippen LogP contribution in [0.4, 0.5) is 8.78 Å². The highest BCUT2D eigenvalue weighted by molar-refractivity contribution is 7.89. The minimum atomic E-state index is -4.00. The number of primary sulfonamides is 1. The van der Waals surface area contributed by atoms with Crippen molar-refractivity contribution in [3.8, 4) is 5.75 Å². The summed E-state index contributed by atoms with van der Waals surface area (Å²) >= 11 is 0. The molecule has 0 heterocycles. The molecule has 0 atom stereocenters. The van der Waals surface area contributed by atoms with Crippen LogP contribution in [0.15, 0.2) is 17.0 Å². The largest absolute Gasteiger partial charge is 0.486 e. The fourth-order valence-corrected chi connectivity index (χ4v) is 2.29. The van der Waals surface area contributed by atoms with Crippen LogP contribution < -0.4 is 9.88 Å². The molecule has 0 bridgehead atoms. The summed E-state index contributed by atoms with van der Waals surface area (Å²) in [5.74, 6) is -0.113. The molecule has 0 aromatic heterocycles. The fourth-order valence-electron chi connectivity index (χ4n) is 1.46. The first-order chi connectivity index (χ1) is 7.71. The second kappa shape index (κ2) is 4.97. The summed E-state index contributed by atoms with van der Waals surface area (Å²) in [6.07, 6.45) is -2.68. The Kier molecular flexibility index (Phi) is 4.05. The molecule has 0 unspecified atom stereocenters. The van der Waals surface area contributed by atoms with Crippen LogP contribution in [0.5, 0.6) is 5.75 Å². The van der Waals surface area contributed by atoms with Crippen molar-refractivity contribution in [3.05, 3.63) is 23.3 Å². The Morgan fingerprint density at radius 2 is 1.94 bits per heavy atom. The molecule has 0 spiro atoms. The molecular formula is C10H13F2NO3S. The monoisotopic (exact) mass is 265 g/mol. The van der Waals surface area contributed by atoms with Gasteiger partial charge in [0.05, 0.1) is 0 Å². The lowest BCUT2D eigenvalue weighted by atomic mass is 10.1. The average molecular weight is 265 g/mol. The molecule has 96 valence electrons. The number of hydrogen-bond acceptors (Lipinski definition) is 3. The maximum Gasteiger partial charge on any atom is 0.272 e. The van der Waals surface area contributed by atoms with Crippen molar-refractivity contribution < 1.29 is 21.9 Å². The Morgan fingerprint density at radius 1 is 1.35 bits per heavy atom. The summed E-state index contributed by atoms with van der Waals surface area (Å²) < 4.78 is 51.5. The third kappa shape index (κ3) is 3.64. The summed E-state index contributed by atoms with van der Waals surface area (Å²) in [4.78, 5) is -0.268. The number of nitrogens with two attached hydrogens (primary N) is 1. The molecule has 1 aromatic rings. The molecule has 0 aliphatic carbocycles. The Labute approximate surface area is 98.4 Å². The second-order valence-electron chi connectivity index (χ2n) is 3.66. The lowest BCUT2D eigenvalue weighted by Gasteiger charge is -2.13. The van der Waals surface area contributed by atoms with E-state index in [1.165, 1.54) is 6.07 Å². The lowest BCUT2D eigenvalue weighted by Crippen LogP contribution is -2.16. The van der Waals surface area contributed by atoms with E-state index in [9.17, 15) is 17.2 Å². The minimum Gasteiger partial charge on any atom is -0.486 e. The Balaban J connectivity index is 3.26. The van der Waals surface area contributed by atoms with Crippen LogP contribution in [0.25, 0.3) is 0 Å². The summed E-state index contributed by atoms with van der Waals surface area (Å²) in [5, 5.41) is 5.01. The van der Waals surface area contributed by atoms with Crippen molar-refractivity contribution >= 4 is 10.0 Å². The van der Waals surface area contributed by atoms with Gasteiger partial charge in [0.1, 0.15) is 17.3 Å². The van der Waals surface area contributed by atoms with Gasteiger partial charge in [0.15, 0.2) is 0 Å². The summed E-state index contributed by atoms with van der Waals surface area (Å²) in [7, 11) is -4.00. The normalized spacial score (nSPS) is 11.9. The first kappa shape index (κ1) is 13.9. The van der Waals surface area contributed by atoms with Crippen molar-refractivity contribution in [2.24, 2.45) is 5.14 Å². The van der Waals surface area contributed by atoms with E-state index in [4.69, 9.17) is 9.88 Å². The minimum absolute atomic E-state index is 0.113. The number of hydrogen-bond donors (Lipinski definition) is 1. The first-order valence-electron chi connectivity index (χ1n) is 4.77. The topological polar surface area (TPSA) is 69.4 Å². The Bertz CT molecular complexity index is 515. The summed E-state index contributed by atoms with van der Waals surface area (Å²) in [6, 6.07) is 2.93. The van der Waals surface area contributed by atoms with E-state index in [0.717, 1.165) is 0 Å². The smallest absolute Gasteiger partial charge is 0.272 e. The van der Waals surface area contributed by atoms with E-state index in [1.807, 2.05) is 0 Å². The third-order valence-corrected chi connectivity index (χ3v) is 2.96. The van der Waals surface area contributed by atoms with Crippen LogP contribution in [0.1, 0.15) is 11.1 Å². The molecule has 7 heteroatoms. The van der Waals surface area contributed by atoms with Crippen LogP contribution in [-0.2, 0) is 10.0 Å². The van der Waals surface area contributed by atoms with Crippen LogP contribution in [-0.4, -0.2) is 21.5 Å². The van der Waals surface area contributed by atoms with Gasteiger partial charge in [-0.15, -0.1) is 0 Å². The van der Waals surface area contributed by atoms with E-state index in [-0.39, 0.29) is 10.6 Å². The SMILES string of the molecule is Cc1cc(C)c(OCC(F)F)c(S(N)(=O)=O)c1. The maximum atomic E-state index is 12.1. The van der Waals surface area contributed by atoms with Gasteiger partial charge in [-0.1, -0.05) is 6.07 Å². The first-order valence-corrected chi connectivity index (χ1v) is 6.31. The van der Waals surface area contributed by atoms with Crippen molar-refractivity contribution in [1.82, 2.24) is 0 Å². The highest BCUT2D eigenvalue weighted by atomic mass is 32.2. The van der Waals surface area contributed by atoms with E-state index < -0.39 is 23.1 Å². The standard InChI is InChI=1S/C10H13F2NO3S/c1-6-3-7(2)10(16-5-9(11)12)8(4-6)17(13,14)15/h3-4,9H,5H2,1-2H3,(H2,13,14,15). The van der Waals surface area contributed by atoms with Crippen LogP contribution in [0, 0.1) is 13.8 Å². The quantitative estimate of drug-likeness (QED) is 0.898. The predicted molar refractivity (Wildman–Crippen MR) is 58.8 cm³/mol. The molecule has 0 aliphatic rings. The van der Waals surface area contributed by atoms with Crippen molar-refractivity contribution in [2.45, 2.75) is 25.2 Å². The molecule has 0 fully saturated rings. The van der Waals surface area contributed by atoms with Crippen LogP contribution >= 0.6 is 0 Å². The third-order valence-electron chi connectivity index (χ3n) is 2.05. The van der Waals surface area contributed by atoms with Gasteiger partial charge >= 0.3 is 0 Å². The maximum absolute atomic E-state index is 12.1. The van der Waals surface area contributed by atoms with Gasteiger partial charge in [-0.25, -0.2) is 22.3 Å². The number of ether oxygens (including phenoxy) is 1. The molecule has 2 N–H and O–H groups in total. The highest BCUT2D eigenvalue weighted by Crippen LogP contribution is 2.28. The Morgan fingerprint density at radius 3 is 2.41 bits per heavy atom. The van der Waals surface area contributed by atoms with Crippen LogP contribution in [0.2, 0.25) is 0 Å². The summed E-state index contributed by atoms with van der Waals surface area (Å²) in [6.45, 7) is 2.38. The fraction of sp³-hybridized carbons (Fsp3) is 0.400. The highest BCUT2D eigenvalue weighted by Gasteiger charge is 2.19. The number of sulfonamides is 1. The molecule has 1 rings (SSSR count). The zero-order valence-corrected chi connectivity index (χ0v) is 10.2. The van der Waals surface area contributed by atoms with Crippen LogP contribution in [0.3, 0.4) is 0 Å².